The van der Waals surface area contributed by atoms with Crippen molar-refractivity contribution in [1.29, 1.82) is 0 Å². The van der Waals surface area contributed by atoms with Crippen LogP contribution in [0.5, 0.6) is 5.75 Å². The number of hydrogen-bond acceptors (Lipinski definition) is 6. The zero-order valence-corrected chi connectivity index (χ0v) is 23.0. The summed E-state index contributed by atoms with van der Waals surface area (Å²) in [6, 6.07) is 3.63. The van der Waals surface area contributed by atoms with Gasteiger partial charge in [0.25, 0.3) is 0 Å². The van der Waals surface area contributed by atoms with Gasteiger partial charge < -0.3 is 23.7 Å². The molecule has 1 saturated heterocycles. The Morgan fingerprint density at radius 2 is 1.85 bits per heavy atom. The standard InChI is InChI=1S/C26H41N2O5Si/c1-25(2,3)23(33-34(7)8)21-20(29)12-10-18-19(27-32-22(18)21)11-9-17-13-15-28(16-14-17)24(30)31-26(4,5)6/h10,12,17,23,29H,9,11,13-16H2,1-8H3. The van der Waals surface area contributed by atoms with Crippen molar-refractivity contribution in [2.45, 2.75) is 92.0 Å². The smallest absolute Gasteiger partial charge is 0.410 e. The van der Waals surface area contributed by atoms with Gasteiger partial charge in [-0.2, -0.15) is 0 Å². The molecule has 1 amide bonds. The maximum atomic E-state index is 12.3. The monoisotopic (exact) mass is 489 g/mol. The second-order valence-corrected chi connectivity index (χ2v) is 13.8. The lowest BCUT2D eigenvalue weighted by molar-refractivity contribution is 0.0181. The van der Waals surface area contributed by atoms with Crippen molar-refractivity contribution in [2.24, 2.45) is 11.3 Å². The van der Waals surface area contributed by atoms with Crippen LogP contribution < -0.4 is 0 Å². The van der Waals surface area contributed by atoms with E-state index in [0.29, 0.717) is 17.1 Å². The fourth-order valence-electron chi connectivity index (χ4n) is 4.47. The Kier molecular flexibility index (Phi) is 8.02. The van der Waals surface area contributed by atoms with Crippen LogP contribution in [0.1, 0.15) is 78.2 Å². The van der Waals surface area contributed by atoms with Crippen molar-refractivity contribution in [1.82, 2.24) is 10.1 Å². The van der Waals surface area contributed by atoms with Gasteiger partial charge in [0.15, 0.2) is 5.58 Å². The molecule has 8 heteroatoms. The topological polar surface area (TPSA) is 85.0 Å². The van der Waals surface area contributed by atoms with Crippen molar-refractivity contribution in [3.8, 4) is 5.75 Å². The van der Waals surface area contributed by atoms with Gasteiger partial charge in [0, 0.05) is 18.5 Å². The summed E-state index contributed by atoms with van der Waals surface area (Å²) in [5.74, 6) is 0.714. The van der Waals surface area contributed by atoms with Crippen LogP contribution in [0.25, 0.3) is 11.0 Å². The molecule has 1 aromatic carbocycles. The fraction of sp³-hybridized carbons (Fsp3) is 0.692. The normalized spacial score (nSPS) is 16.9. The summed E-state index contributed by atoms with van der Waals surface area (Å²) < 4.78 is 17.6. The summed E-state index contributed by atoms with van der Waals surface area (Å²) in [4.78, 5) is 14.1. The first-order chi connectivity index (χ1) is 15.8. The van der Waals surface area contributed by atoms with E-state index in [1.54, 1.807) is 6.07 Å². The summed E-state index contributed by atoms with van der Waals surface area (Å²) in [6.07, 6.45) is 3.19. The van der Waals surface area contributed by atoms with Crippen LogP contribution in [0.15, 0.2) is 16.7 Å². The number of aromatic nitrogens is 1. The molecule has 189 valence electrons. The number of carbonyl (C=O) groups excluding carboxylic acids is 1. The first-order valence-electron chi connectivity index (χ1n) is 12.3. The molecular formula is C26H41N2O5Si. The first-order valence-corrected chi connectivity index (χ1v) is 14.7. The second-order valence-electron chi connectivity index (χ2n) is 11.7. The minimum absolute atomic E-state index is 0.188. The third-order valence-corrected chi connectivity index (χ3v) is 6.90. The second kappa shape index (κ2) is 10.3. The molecule has 1 N–H and O–H groups in total. The quantitative estimate of drug-likeness (QED) is 0.468. The van der Waals surface area contributed by atoms with E-state index in [9.17, 15) is 9.90 Å². The van der Waals surface area contributed by atoms with E-state index >= 15 is 0 Å². The number of nitrogens with zero attached hydrogens (tertiary/aromatic N) is 2. The lowest BCUT2D eigenvalue weighted by Crippen LogP contribution is -2.41. The number of carbonyl (C=O) groups is 1. The molecule has 0 aliphatic carbocycles. The van der Waals surface area contributed by atoms with E-state index < -0.39 is 14.6 Å². The minimum Gasteiger partial charge on any atom is -0.507 e. The molecule has 1 aromatic heterocycles. The Morgan fingerprint density at radius 1 is 1.21 bits per heavy atom. The van der Waals surface area contributed by atoms with E-state index in [-0.39, 0.29) is 23.4 Å². The van der Waals surface area contributed by atoms with E-state index in [2.05, 4.69) is 39.0 Å². The van der Waals surface area contributed by atoms with Crippen molar-refractivity contribution in [3.63, 3.8) is 0 Å². The largest absolute Gasteiger partial charge is 0.507 e. The van der Waals surface area contributed by atoms with Crippen LogP contribution in [-0.2, 0) is 15.6 Å². The van der Waals surface area contributed by atoms with Crippen LogP contribution in [0.3, 0.4) is 0 Å². The maximum absolute atomic E-state index is 12.3. The average molecular weight is 490 g/mol. The molecule has 34 heavy (non-hydrogen) atoms. The van der Waals surface area contributed by atoms with Crippen molar-refractivity contribution in [3.05, 3.63) is 23.4 Å². The van der Waals surface area contributed by atoms with Crippen LogP contribution in [0, 0.1) is 11.3 Å². The molecule has 1 aliphatic rings. The highest BCUT2D eigenvalue weighted by molar-refractivity contribution is 6.48. The summed E-state index contributed by atoms with van der Waals surface area (Å²) >= 11 is 0. The molecule has 0 spiro atoms. The number of benzene rings is 1. The van der Waals surface area contributed by atoms with Gasteiger partial charge >= 0.3 is 6.09 Å². The molecule has 1 aliphatic heterocycles. The lowest BCUT2D eigenvalue weighted by Gasteiger charge is -2.33. The van der Waals surface area contributed by atoms with Crippen LogP contribution in [0.2, 0.25) is 13.1 Å². The molecule has 1 fully saturated rings. The van der Waals surface area contributed by atoms with Crippen LogP contribution in [0.4, 0.5) is 4.79 Å². The van der Waals surface area contributed by atoms with Gasteiger partial charge in [0.1, 0.15) is 11.4 Å². The predicted molar refractivity (Wildman–Crippen MR) is 135 cm³/mol. The first kappa shape index (κ1) is 26.5. The highest BCUT2D eigenvalue weighted by atomic mass is 28.3. The van der Waals surface area contributed by atoms with Crippen molar-refractivity contribution in [2.75, 3.05) is 13.1 Å². The van der Waals surface area contributed by atoms with Gasteiger partial charge in [-0.05, 0) is 83.0 Å². The number of likely N-dealkylation sites (tertiary alicyclic amines) is 1. The Hall–Kier alpha value is -2.06. The van der Waals surface area contributed by atoms with Crippen LogP contribution in [-0.4, -0.2) is 49.0 Å². The SMILES string of the molecule is C[Si](C)OC(c1c(O)ccc2c(CCC3CCN(C(=O)OC(C)(C)C)CC3)noc12)C(C)(C)C. The van der Waals surface area contributed by atoms with Gasteiger partial charge in [-0.15, -0.1) is 0 Å². The Bertz CT molecular complexity index is 981. The molecule has 7 nitrogen and oxygen atoms in total. The number of piperidine rings is 1. The number of aromatic hydroxyl groups is 1. The van der Waals surface area contributed by atoms with E-state index in [1.807, 2.05) is 31.7 Å². The Labute approximate surface area is 205 Å². The number of rotatable bonds is 6. The lowest BCUT2D eigenvalue weighted by atomic mass is 9.83. The third kappa shape index (κ3) is 6.53. The van der Waals surface area contributed by atoms with Crippen molar-refractivity contribution >= 4 is 26.1 Å². The third-order valence-electron chi connectivity index (χ3n) is 6.19. The summed E-state index contributed by atoms with van der Waals surface area (Å²) in [5, 5.41) is 16.1. The predicted octanol–water partition coefficient (Wildman–Crippen LogP) is 6.47. The molecule has 1 radical (unpaired) electrons. The minimum atomic E-state index is -0.995. The summed E-state index contributed by atoms with van der Waals surface area (Å²) in [7, 11) is -0.995. The molecule has 1 atom stereocenters. The summed E-state index contributed by atoms with van der Waals surface area (Å²) in [6.45, 7) is 17.7. The zero-order chi connectivity index (χ0) is 25.3. The van der Waals surface area contributed by atoms with Gasteiger partial charge in [-0.3, -0.25) is 0 Å². The Morgan fingerprint density at radius 3 is 2.41 bits per heavy atom. The molecular weight excluding hydrogens is 448 g/mol. The number of hydrogen-bond donors (Lipinski definition) is 1. The highest BCUT2D eigenvalue weighted by Gasteiger charge is 2.34. The van der Waals surface area contributed by atoms with E-state index in [4.69, 9.17) is 13.7 Å². The maximum Gasteiger partial charge on any atom is 0.410 e. The molecule has 0 saturated carbocycles. The molecule has 2 aromatic rings. The van der Waals surface area contributed by atoms with Crippen molar-refractivity contribution < 1.29 is 23.6 Å². The van der Waals surface area contributed by atoms with E-state index in [1.165, 1.54) is 0 Å². The molecule has 3 rings (SSSR count). The number of fused-ring (bicyclic) bond motifs is 1. The Balaban J connectivity index is 1.70. The average Bonchev–Trinajstić information content (AvgIpc) is 3.12. The van der Waals surface area contributed by atoms with Gasteiger partial charge in [-0.1, -0.05) is 25.9 Å². The number of phenolic OH excluding ortho intramolecular Hbond substituents is 1. The highest BCUT2D eigenvalue weighted by Crippen LogP contribution is 2.44. The molecule has 0 bridgehead atoms. The zero-order valence-electron chi connectivity index (χ0n) is 22.0. The number of ether oxygens (including phenoxy) is 1. The van der Waals surface area contributed by atoms with Gasteiger partial charge in [-0.25, -0.2) is 4.79 Å². The molecule has 2 heterocycles. The summed E-state index contributed by atoms with van der Waals surface area (Å²) in [5.41, 5.74) is 1.56. The molecule has 1 unspecified atom stereocenters. The number of aryl methyl sites for hydroxylation is 1. The van der Waals surface area contributed by atoms with Gasteiger partial charge in [0.2, 0.25) is 9.04 Å². The number of amides is 1. The van der Waals surface area contributed by atoms with Gasteiger partial charge in [0.05, 0.1) is 17.4 Å². The fourth-order valence-corrected chi connectivity index (χ4v) is 5.42. The van der Waals surface area contributed by atoms with E-state index in [0.717, 1.165) is 49.9 Å². The van der Waals surface area contributed by atoms with Crippen LogP contribution >= 0.6 is 0 Å². The number of phenols is 1.